The number of amides is 1. The molecule has 0 aromatic heterocycles. The van der Waals surface area contributed by atoms with Crippen molar-refractivity contribution in [1.29, 1.82) is 0 Å². The highest BCUT2D eigenvalue weighted by Gasteiger charge is 2.24. The zero-order valence-corrected chi connectivity index (χ0v) is 16.9. The van der Waals surface area contributed by atoms with Crippen molar-refractivity contribution in [2.75, 3.05) is 12.4 Å². The number of methoxy groups -OCH3 is 1. The van der Waals surface area contributed by atoms with E-state index >= 15 is 0 Å². The van der Waals surface area contributed by atoms with E-state index in [1.165, 1.54) is 5.56 Å². The van der Waals surface area contributed by atoms with Crippen molar-refractivity contribution in [3.05, 3.63) is 59.7 Å². The first-order valence-electron chi connectivity index (χ1n) is 9.63. The molecule has 0 spiro atoms. The van der Waals surface area contributed by atoms with E-state index in [1.54, 1.807) is 31.4 Å². The van der Waals surface area contributed by atoms with E-state index in [0.717, 1.165) is 42.7 Å². The summed E-state index contributed by atoms with van der Waals surface area (Å²) in [5, 5.41) is 2.93. The Bertz CT molecular complexity index is 796. The molecule has 5 nitrogen and oxygen atoms in total. The highest BCUT2D eigenvalue weighted by atomic mass is 32.2. The Morgan fingerprint density at radius 2 is 1.71 bits per heavy atom. The van der Waals surface area contributed by atoms with Crippen LogP contribution in [0.25, 0.3) is 0 Å². The monoisotopic (exact) mass is 401 g/mol. The highest BCUT2D eigenvalue weighted by Crippen LogP contribution is 2.37. The number of carbonyl (C=O) groups is 1. The first-order valence-corrected chi connectivity index (χ1v) is 10.9. The van der Waals surface area contributed by atoms with Crippen LogP contribution in [0.2, 0.25) is 0 Å². The van der Waals surface area contributed by atoms with Gasteiger partial charge in [0, 0.05) is 12.1 Å². The molecule has 1 aliphatic carbocycles. The number of ether oxygens (including phenoxy) is 1. The Morgan fingerprint density at radius 3 is 2.29 bits per heavy atom. The maximum absolute atomic E-state index is 12.4. The summed E-state index contributed by atoms with van der Waals surface area (Å²) >= 11 is -1.85. The minimum Gasteiger partial charge on any atom is -0.497 e. The van der Waals surface area contributed by atoms with E-state index in [-0.39, 0.29) is 11.7 Å². The summed E-state index contributed by atoms with van der Waals surface area (Å²) in [4.78, 5) is 12.4. The minimum atomic E-state index is -1.85. The second-order valence-corrected chi connectivity index (χ2v) is 8.34. The Hall–Kier alpha value is -2.18. The molecule has 0 saturated heterocycles. The van der Waals surface area contributed by atoms with Crippen LogP contribution in [-0.4, -0.2) is 21.8 Å². The van der Waals surface area contributed by atoms with Crippen LogP contribution < -0.4 is 10.1 Å². The molecular weight excluding hydrogens is 374 g/mol. The molecule has 2 N–H and O–H groups in total. The van der Waals surface area contributed by atoms with Crippen LogP contribution in [0.4, 0.5) is 5.69 Å². The zero-order valence-electron chi connectivity index (χ0n) is 16.1. The Kier molecular flexibility index (Phi) is 7.23. The predicted molar refractivity (Wildman–Crippen MR) is 112 cm³/mol. The van der Waals surface area contributed by atoms with Crippen molar-refractivity contribution < 1.29 is 18.3 Å². The van der Waals surface area contributed by atoms with Crippen molar-refractivity contribution in [1.82, 2.24) is 0 Å². The van der Waals surface area contributed by atoms with Gasteiger partial charge in [0.1, 0.15) is 5.75 Å². The third-order valence-electron chi connectivity index (χ3n) is 5.44. The molecule has 1 atom stereocenters. The van der Waals surface area contributed by atoms with Gasteiger partial charge in [0.05, 0.1) is 12.9 Å². The summed E-state index contributed by atoms with van der Waals surface area (Å²) in [6.07, 6.45) is 4.88. The number of anilines is 1. The van der Waals surface area contributed by atoms with Crippen LogP contribution in [0.3, 0.4) is 0 Å². The van der Waals surface area contributed by atoms with Gasteiger partial charge in [0.2, 0.25) is 5.91 Å². The summed E-state index contributed by atoms with van der Waals surface area (Å²) in [5.41, 5.74) is 2.85. The second kappa shape index (κ2) is 9.85. The molecule has 28 heavy (non-hydrogen) atoms. The molecule has 0 aliphatic heterocycles. The molecule has 0 heterocycles. The molecule has 1 saturated carbocycles. The van der Waals surface area contributed by atoms with Crippen LogP contribution in [0, 0.1) is 5.92 Å². The highest BCUT2D eigenvalue weighted by molar-refractivity contribution is 7.78. The van der Waals surface area contributed by atoms with Crippen molar-refractivity contribution in [2.24, 2.45) is 5.92 Å². The zero-order chi connectivity index (χ0) is 19.9. The van der Waals surface area contributed by atoms with Crippen LogP contribution in [0.15, 0.2) is 48.5 Å². The van der Waals surface area contributed by atoms with E-state index in [4.69, 9.17) is 9.29 Å². The molecule has 150 valence electrons. The summed E-state index contributed by atoms with van der Waals surface area (Å²) in [6, 6.07) is 15.4. The topological polar surface area (TPSA) is 75.6 Å². The second-order valence-electron chi connectivity index (χ2n) is 7.41. The Morgan fingerprint density at radius 1 is 1.07 bits per heavy atom. The Labute approximate surface area is 168 Å². The lowest BCUT2D eigenvalue weighted by Crippen LogP contribution is -2.20. The number of rotatable bonds is 7. The molecule has 1 amide bonds. The van der Waals surface area contributed by atoms with Gasteiger partial charge in [-0.25, -0.2) is 4.21 Å². The van der Waals surface area contributed by atoms with E-state index in [9.17, 15) is 9.00 Å². The van der Waals surface area contributed by atoms with Gasteiger partial charge in [-0.1, -0.05) is 24.3 Å². The number of benzene rings is 2. The summed E-state index contributed by atoms with van der Waals surface area (Å²) in [6.45, 7) is 0. The van der Waals surface area contributed by atoms with Gasteiger partial charge in [-0.3, -0.25) is 4.79 Å². The molecule has 6 heteroatoms. The average molecular weight is 402 g/mol. The fourth-order valence-electron chi connectivity index (χ4n) is 3.88. The van der Waals surface area contributed by atoms with E-state index in [0.29, 0.717) is 18.3 Å². The van der Waals surface area contributed by atoms with Crippen molar-refractivity contribution in [2.45, 2.75) is 43.8 Å². The normalized spacial score (nSPS) is 20.4. The van der Waals surface area contributed by atoms with Gasteiger partial charge in [-0.2, -0.15) is 0 Å². The molecule has 3 rings (SSSR count). The summed E-state index contributed by atoms with van der Waals surface area (Å²) < 4.78 is 25.0. The van der Waals surface area contributed by atoms with Gasteiger partial charge in [-0.05, 0) is 72.9 Å². The SMILES string of the molecule is COc1ccc(C2CCC(CC(=O)Nc3ccc(CS(=O)O)cc3)CC2)cc1. The number of hydrogen-bond acceptors (Lipinski definition) is 3. The fraction of sp³-hybridized carbons (Fsp3) is 0.409. The molecular formula is C22H27NO4S. The maximum atomic E-state index is 12.4. The maximum Gasteiger partial charge on any atom is 0.224 e. The van der Waals surface area contributed by atoms with Crippen molar-refractivity contribution in [3.63, 3.8) is 0 Å². The van der Waals surface area contributed by atoms with Crippen molar-refractivity contribution in [3.8, 4) is 5.75 Å². The standard InChI is InChI=1S/C22H27NO4S/c1-27-21-12-8-19(9-13-21)18-6-2-16(3-7-18)14-22(24)23-20-10-4-17(5-11-20)15-28(25)26/h4-5,8-13,16,18H,2-3,6-7,14-15H2,1H3,(H,23,24)(H,25,26). The average Bonchev–Trinajstić information content (AvgIpc) is 2.70. The van der Waals surface area contributed by atoms with Crippen LogP contribution in [-0.2, 0) is 21.6 Å². The molecule has 0 bridgehead atoms. The van der Waals surface area contributed by atoms with Crippen LogP contribution in [0.5, 0.6) is 5.75 Å². The first-order chi connectivity index (χ1) is 13.5. The predicted octanol–water partition coefficient (Wildman–Crippen LogP) is 4.72. The molecule has 2 aromatic carbocycles. The van der Waals surface area contributed by atoms with Gasteiger partial charge >= 0.3 is 0 Å². The van der Waals surface area contributed by atoms with Crippen LogP contribution in [0.1, 0.15) is 49.1 Å². The van der Waals surface area contributed by atoms with Gasteiger partial charge < -0.3 is 14.6 Å². The van der Waals surface area contributed by atoms with Crippen molar-refractivity contribution >= 4 is 22.7 Å². The fourth-order valence-corrected chi connectivity index (χ4v) is 4.35. The third kappa shape index (κ3) is 5.91. The number of carbonyl (C=O) groups excluding carboxylic acids is 1. The number of hydrogen-bond donors (Lipinski definition) is 2. The summed E-state index contributed by atoms with van der Waals surface area (Å²) in [7, 11) is 1.68. The van der Waals surface area contributed by atoms with E-state index in [2.05, 4.69) is 17.4 Å². The molecule has 1 unspecified atom stereocenters. The minimum absolute atomic E-state index is 0.0337. The lowest BCUT2D eigenvalue weighted by Gasteiger charge is -2.28. The van der Waals surface area contributed by atoms with E-state index < -0.39 is 11.1 Å². The molecule has 1 aliphatic rings. The van der Waals surface area contributed by atoms with Gasteiger partial charge in [-0.15, -0.1) is 0 Å². The van der Waals surface area contributed by atoms with Gasteiger partial charge in [0.25, 0.3) is 0 Å². The summed E-state index contributed by atoms with van der Waals surface area (Å²) in [5.74, 6) is 2.00. The quantitative estimate of drug-likeness (QED) is 0.658. The van der Waals surface area contributed by atoms with E-state index in [1.807, 2.05) is 12.1 Å². The lowest BCUT2D eigenvalue weighted by molar-refractivity contribution is -0.117. The smallest absolute Gasteiger partial charge is 0.224 e. The largest absolute Gasteiger partial charge is 0.497 e. The molecule has 2 aromatic rings. The van der Waals surface area contributed by atoms with Crippen LogP contribution >= 0.6 is 0 Å². The first kappa shape index (κ1) is 20.6. The molecule has 0 radical (unpaired) electrons. The lowest BCUT2D eigenvalue weighted by atomic mass is 9.77. The molecule has 1 fully saturated rings. The Balaban J connectivity index is 1.44. The third-order valence-corrected chi connectivity index (χ3v) is 6.02. The number of nitrogens with one attached hydrogen (secondary N) is 1. The van der Waals surface area contributed by atoms with Gasteiger partial charge in [0.15, 0.2) is 11.1 Å².